The summed E-state index contributed by atoms with van der Waals surface area (Å²) in [6.45, 7) is 3.44. The largest absolute Gasteiger partial charge is 0.493 e. The average molecular weight is 289 g/mol. The number of hydrogen-bond acceptors (Lipinski definition) is 5. The lowest BCUT2D eigenvalue weighted by Gasteiger charge is -2.11. The number of ether oxygens (including phenoxy) is 2. The van der Waals surface area contributed by atoms with Crippen molar-refractivity contribution in [3.63, 3.8) is 0 Å². The van der Waals surface area contributed by atoms with Crippen LogP contribution in [0.5, 0.6) is 11.5 Å². The number of anilines is 1. The van der Waals surface area contributed by atoms with Crippen molar-refractivity contribution < 1.29 is 9.47 Å². The predicted octanol–water partition coefficient (Wildman–Crippen LogP) is 1.76. The van der Waals surface area contributed by atoms with Gasteiger partial charge in [-0.1, -0.05) is 12.1 Å². The van der Waals surface area contributed by atoms with E-state index >= 15 is 0 Å². The number of aromatic nitrogens is 2. The molecule has 0 amide bonds. The molecule has 1 aromatic heterocycles. The zero-order valence-corrected chi connectivity index (χ0v) is 12.2. The molecule has 112 valence electrons. The number of nitrogens with one attached hydrogen (secondary N) is 1. The highest BCUT2D eigenvalue weighted by Crippen LogP contribution is 2.25. The van der Waals surface area contributed by atoms with Gasteiger partial charge in [-0.15, -0.1) is 0 Å². The first-order valence-corrected chi connectivity index (χ1v) is 6.81. The number of rotatable bonds is 7. The first-order valence-electron chi connectivity index (χ1n) is 6.81. The minimum absolute atomic E-state index is 0.155. The van der Waals surface area contributed by atoms with Gasteiger partial charge in [0.1, 0.15) is 6.61 Å². The molecular formula is C15H19N3O3. The Bertz CT molecular complexity index is 640. The van der Waals surface area contributed by atoms with Crippen LogP contribution in [0.2, 0.25) is 0 Å². The van der Waals surface area contributed by atoms with Crippen molar-refractivity contribution in [3.8, 4) is 11.5 Å². The highest BCUT2D eigenvalue weighted by Gasteiger charge is 2.04. The van der Waals surface area contributed by atoms with E-state index in [-0.39, 0.29) is 5.56 Å². The van der Waals surface area contributed by atoms with Crippen LogP contribution in [0.25, 0.3) is 0 Å². The lowest BCUT2D eigenvalue weighted by atomic mass is 10.3. The molecule has 0 spiro atoms. The van der Waals surface area contributed by atoms with E-state index in [0.29, 0.717) is 24.7 Å². The minimum Gasteiger partial charge on any atom is -0.493 e. The summed E-state index contributed by atoms with van der Waals surface area (Å²) in [6.07, 6.45) is 1.63. The van der Waals surface area contributed by atoms with Gasteiger partial charge in [-0.05, 0) is 19.1 Å². The summed E-state index contributed by atoms with van der Waals surface area (Å²) in [5.41, 5.74) is 0.571. The van der Waals surface area contributed by atoms with Crippen molar-refractivity contribution >= 4 is 5.69 Å². The second-order valence-electron chi connectivity index (χ2n) is 4.34. The van der Waals surface area contributed by atoms with Crippen molar-refractivity contribution in [1.29, 1.82) is 0 Å². The summed E-state index contributed by atoms with van der Waals surface area (Å²) in [5, 5.41) is 7.15. The lowest BCUT2D eigenvalue weighted by molar-refractivity contribution is 0.271. The normalized spacial score (nSPS) is 10.2. The van der Waals surface area contributed by atoms with Gasteiger partial charge in [0, 0.05) is 12.6 Å². The monoisotopic (exact) mass is 289 g/mol. The maximum absolute atomic E-state index is 11.9. The molecule has 2 aromatic rings. The van der Waals surface area contributed by atoms with Gasteiger partial charge >= 0.3 is 0 Å². The average Bonchev–Trinajstić information content (AvgIpc) is 2.50. The first kappa shape index (κ1) is 14.9. The molecule has 0 aliphatic rings. The number of nitrogens with zero attached hydrogens (tertiary/aromatic N) is 2. The van der Waals surface area contributed by atoms with Crippen molar-refractivity contribution in [2.24, 2.45) is 0 Å². The third-order valence-corrected chi connectivity index (χ3v) is 2.88. The summed E-state index contributed by atoms with van der Waals surface area (Å²) >= 11 is 0. The third-order valence-electron chi connectivity index (χ3n) is 2.88. The number of benzene rings is 1. The third kappa shape index (κ3) is 3.98. The van der Waals surface area contributed by atoms with Gasteiger partial charge in [-0.3, -0.25) is 4.79 Å². The molecule has 0 fully saturated rings. The molecule has 1 N–H and O–H groups in total. The van der Waals surface area contributed by atoms with Crippen LogP contribution in [-0.4, -0.2) is 30.0 Å². The molecule has 0 aliphatic carbocycles. The second kappa shape index (κ2) is 7.33. The molecule has 21 heavy (non-hydrogen) atoms. The van der Waals surface area contributed by atoms with Crippen molar-refractivity contribution in [3.05, 3.63) is 46.9 Å². The van der Waals surface area contributed by atoms with Crippen LogP contribution in [0.3, 0.4) is 0 Å². The standard InChI is InChI=1S/C15H19N3O3/c1-3-16-12-10-15(19)18(17-11-12)8-9-21-14-7-5-4-6-13(14)20-2/h4-7,10-11,16H,3,8-9H2,1-2H3. The zero-order chi connectivity index (χ0) is 15.1. The topological polar surface area (TPSA) is 65.4 Å². The summed E-state index contributed by atoms with van der Waals surface area (Å²) < 4.78 is 12.2. The molecule has 6 nitrogen and oxygen atoms in total. The predicted molar refractivity (Wildman–Crippen MR) is 81.1 cm³/mol. The highest BCUT2D eigenvalue weighted by molar-refractivity contribution is 5.39. The molecule has 0 bridgehead atoms. The van der Waals surface area contributed by atoms with Gasteiger partial charge < -0.3 is 14.8 Å². The van der Waals surface area contributed by atoms with Crippen LogP contribution in [0, 0.1) is 0 Å². The van der Waals surface area contributed by atoms with E-state index < -0.39 is 0 Å². The molecule has 0 aliphatic heterocycles. The maximum atomic E-state index is 11.9. The smallest absolute Gasteiger partial charge is 0.268 e. The van der Waals surface area contributed by atoms with Crippen LogP contribution in [-0.2, 0) is 6.54 Å². The quantitative estimate of drug-likeness (QED) is 0.841. The summed E-state index contributed by atoms with van der Waals surface area (Å²) in [7, 11) is 1.59. The van der Waals surface area contributed by atoms with E-state index in [1.165, 1.54) is 10.7 Å². The number of methoxy groups -OCH3 is 1. The fraction of sp³-hybridized carbons (Fsp3) is 0.333. The molecule has 6 heteroatoms. The Morgan fingerprint density at radius 2 is 2.05 bits per heavy atom. The van der Waals surface area contributed by atoms with E-state index in [1.54, 1.807) is 13.3 Å². The SMILES string of the molecule is CCNc1cnn(CCOc2ccccc2OC)c(=O)c1. The van der Waals surface area contributed by atoms with E-state index in [2.05, 4.69) is 10.4 Å². The summed E-state index contributed by atoms with van der Waals surface area (Å²) in [4.78, 5) is 11.9. The zero-order valence-electron chi connectivity index (χ0n) is 12.2. The Labute approximate surface area is 123 Å². The molecule has 0 unspecified atom stereocenters. The van der Waals surface area contributed by atoms with Crippen molar-refractivity contribution in [2.45, 2.75) is 13.5 Å². The first-order chi connectivity index (χ1) is 10.2. The molecule has 1 aromatic carbocycles. The van der Waals surface area contributed by atoms with Gasteiger partial charge in [0.25, 0.3) is 5.56 Å². The highest BCUT2D eigenvalue weighted by atomic mass is 16.5. The van der Waals surface area contributed by atoms with E-state index in [4.69, 9.17) is 9.47 Å². The summed E-state index contributed by atoms with van der Waals surface area (Å²) in [6, 6.07) is 8.92. The molecule has 0 atom stereocenters. The second-order valence-corrected chi connectivity index (χ2v) is 4.34. The van der Waals surface area contributed by atoms with Gasteiger partial charge in [0.15, 0.2) is 11.5 Å². The lowest BCUT2D eigenvalue weighted by Crippen LogP contribution is -2.25. The van der Waals surface area contributed by atoms with E-state index in [1.807, 2.05) is 31.2 Å². The van der Waals surface area contributed by atoms with Crippen LogP contribution in [0.1, 0.15) is 6.92 Å². The molecule has 2 rings (SSSR count). The molecular weight excluding hydrogens is 270 g/mol. The van der Waals surface area contributed by atoms with E-state index in [9.17, 15) is 4.79 Å². The Morgan fingerprint density at radius 1 is 1.29 bits per heavy atom. The van der Waals surface area contributed by atoms with Crippen LogP contribution in [0.4, 0.5) is 5.69 Å². The van der Waals surface area contributed by atoms with Crippen LogP contribution in [0.15, 0.2) is 41.3 Å². The molecule has 0 saturated heterocycles. The summed E-state index contributed by atoms with van der Waals surface area (Å²) in [5.74, 6) is 1.32. The van der Waals surface area contributed by atoms with Crippen molar-refractivity contribution in [1.82, 2.24) is 9.78 Å². The Kier molecular flexibility index (Phi) is 5.20. The fourth-order valence-electron chi connectivity index (χ4n) is 1.88. The molecule has 1 heterocycles. The van der Waals surface area contributed by atoms with Crippen molar-refractivity contribution in [2.75, 3.05) is 25.6 Å². The van der Waals surface area contributed by atoms with Gasteiger partial charge in [-0.2, -0.15) is 5.10 Å². The van der Waals surface area contributed by atoms with Gasteiger partial charge in [0.2, 0.25) is 0 Å². The van der Waals surface area contributed by atoms with Gasteiger partial charge in [0.05, 0.1) is 25.5 Å². The maximum Gasteiger partial charge on any atom is 0.268 e. The van der Waals surface area contributed by atoms with Crippen LogP contribution >= 0.6 is 0 Å². The number of para-hydroxylation sites is 2. The van der Waals surface area contributed by atoms with Crippen LogP contribution < -0.4 is 20.3 Å². The van der Waals surface area contributed by atoms with Gasteiger partial charge in [-0.25, -0.2) is 4.68 Å². The Hall–Kier alpha value is -2.50. The Morgan fingerprint density at radius 3 is 2.71 bits per heavy atom. The number of hydrogen-bond donors (Lipinski definition) is 1. The Balaban J connectivity index is 1.96. The minimum atomic E-state index is -0.155. The molecule has 0 saturated carbocycles. The molecule has 0 radical (unpaired) electrons. The fourth-order valence-corrected chi connectivity index (χ4v) is 1.88. The van der Waals surface area contributed by atoms with E-state index in [0.717, 1.165) is 12.2 Å².